The maximum atomic E-state index is 4.23. The number of hydrogen-bond acceptors (Lipinski definition) is 1. The van der Waals surface area contributed by atoms with Crippen molar-refractivity contribution in [2.45, 2.75) is 27.7 Å². The molecule has 0 aromatic rings. The summed E-state index contributed by atoms with van der Waals surface area (Å²) in [5, 5.41) is 3.24. The normalized spacial score (nSPS) is 14.0. The summed E-state index contributed by atoms with van der Waals surface area (Å²) in [6, 6.07) is 0. The van der Waals surface area contributed by atoms with Crippen molar-refractivity contribution in [3.8, 4) is 0 Å². The van der Waals surface area contributed by atoms with Crippen LogP contribution in [0.1, 0.15) is 27.7 Å². The fourth-order valence-corrected chi connectivity index (χ4v) is 1.22. The molecular weight excluding hydrogens is 172 g/mol. The van der Waals surface area contributed by atoms with E-state index < -0.39 is 0 Å². The number of allylic oxidation sites excluding steroid dienone is 1. The molecule has 0 bridgehead atoms. The third-order valence-corrected chi connectivity index (χ3v) is 2.32. The van der Waals surface area contributed by atoms with Crippen molar-refractivity contribution >= 4 is 5.84 Å². The van der Waals surface area contributed by atoms with E-state index in [9.17, 15) is 0 Å². The predicted molar refractivity (Wildman–Crippen MR) is 64.8 cm³/mol. The van der Waals surface area contributed by atoms with Crippen LogP contribution in [0.2, 0.25) is 0 Å². The molecule has 0 heterocycles. The van der Waals surface area contributed by atoms with Crippen molar-refractivity contribution in [3.05, 3.63) is 23.8 Å². The SMILES string of the molecule is C=C/C(C(=NC)NCC)=C(/C)C(C)C. The average Bonchev–Trinajstić information content (AvgIpc) is 2.17. The fraction of sp³-hybridized carbons (Fsp3) is 0.583. The van der Waals surface area contributed by atoms with Crippen molar-refractivity contribution in [2.24, 2.45) is 10.9 Å². The Morgan fingerprint density at radius 3 is 2.36 bits per heavy atom. The van der Waals surface area contributed by atoms with Gasteiger partial charge in [0.2, 0.25) is 0 Å². The van der Waals surface area contributed by atoms with Gasteiger partial charge in [0.1, 0.15) is 5.84 Å². The van der Waals surface area contributed by atoms with Gasteiger partial charge in [-0.1, -0.05) is 32.1 Å². The van der Waals surface area contributed by atoms with Crippen LogP contribution >= 0.6 is 0 Å². The van der Waals surface area contributed by atoms with E-state index in [2.05, 4.69) is 44.6 Å². The van der Waals surface area contributed by atoms with Gasteiger partial charge in [-0.25, -0.2) is 0 Å². The first-order chi connectivity index (χ1) is 6.58. The van der Waals surface area contributed by atoms with E-state index in [1.807, 2.05) is 6.08 Å². The number of amidine groups is 1. The zero-order chi connectivity index (χ0) is 11.1. The first-order valence-electron chi connectivity index (χ1n) is 5.12. The summed E-state index contributed by atoms with van der Waals surface area (Å²) in [5.41, 5.74) is 2.45. The molecule has 0 aliphatic rings. The summed E-state index contributed by atoms with van der Waals surface area (Å²) < 4.78 is 0. The number of nitrogens with zero attached hydrogens (tertiary/aromatic N) is 1. The first kappa shape index (κ1) is 12.9. The molecule has 0 spiro atoms. The highest BCUT2D eigenvalue weighted by Crippen LogP contribution is 2.15. The quantitative estimate of drug-likeness (QED) is 0.415. The Labute approximate surface area is 87.8 Å². The van der Waals surface area contributed by atoms with Crippen molar-refractivity contribution in [2.75, 3.05) is 13.6 Å². The second kappa shape index (κ2) is 6.41. The number of nitrogens with one attached hydrogen (secondary N) is 1. The van der Waals surface area contributed by atoms with Crippen molar-refractivity contribution in [1.29, 1.82) is 0 Å². The van der Waals surface area contributed by atoms with E-state index in [-0.39, 0.29) is 0 Å². The van der Waals surface area contributed by atoms with E-state index in [1.54, 1.807) is 7.05 Å². The van der Waals surface area contributed by atoms with Crippen LogP contribution in [0.15, 0.2) is 28.8 Å². The van der Waals surface area contributed by atoms with Gasteiger partial charge in [0, 0.05) is 19.2 Å². The molecule has 0 aromatic heterocycles. The fourth-order valence-electron chi connectivity index (χ4n) is 1.22. The Bertz CT molecular complexity index is 247. The van der Waals surface area contributed by atoms with Crippen LogP contribution in [0, 0.1) is 5.92 Å². The summed E-state index contributed by atoms with van der Waals surface area (Å²) in [6.45, 7) is 13.3. The van der Waals surface area contributed by atoms with Crippen molar-refractivity contribution < 1.29 is 0 Å². The molecule has 0 amide bonds. The number of aliphatic imine (C=N–C) groups is 1. The van der Waals surface area contributed by atoms with Crippen LogP contribution in [0.25, 0.3) is 0 Å². The second-order valence-electron chi connectivity index (χ2n) is 3.56. The van der Waals surface area contributed by atoms with Gasteiger partial charge in [0.25, 0.3) is 0 Å². The Kier molecular flexibility index (Phi) is 5.93. The Hall–Kier alpha value is -1.05. The van der Waals surface area contributed by atoms with Gasteiger partial charge in [-0.15, -0.1) is 0 Å². The van der Waals surface area contributed by atoms with Crippen LogP contribution in [0.3, 0.4) is 0 Å². The molecule has 0 aliphatic heterocycles. The number of hydrogen-bond donors (Lipinski definition) is 1. The molecule has 14 heavy (non-hydrogen) atoms. The molecule has 0 rings (SSSR count). The van der Waals surface area contributed by atoms with Crippen LogP contribution in [0.5, 0.6) is 0 Å². The number of likely N-dealkylation sites (N-methyl/N-ethyl adjacent to an activating group) is 1. The lowest BCUT2D eigenvalue weighted by Gasteiger charge is -2.14. The van der Waals surface area contributed by atoms with E-state index in [1.165, 1.54) is 5.57 Å². The molecule has 0 fully saturated rings. The van der Waals surface area contributed by atoms with Gasteiger partial charge >= 0.3 is 0 Å². The molecule has 2 heteroatoms. The Morgan fingerprint density at radius 1 is 1.50 bits per heavy atom. The van der Waals surface area contributed by atoms with Gasteiger partial charge in [0.15, 0.2) is 0 Å². The third kappa shape index (κ3) is 3.36. The molecule has 0 unspecified atom stereocenters. The van der Waals surface area contributed by atoms with Gasteiger partial charge in [-0.05, 0) is 19.8 Å². The van der Waals surface area contributed by atoms with E-state index in [4.69, 9.17) is 0 Å². The van der Waals surface area contributed by atoms with E-state index >= 15 is 0 Å². The summed E-state index contributed by atoms with van der Waals surface area (Å²) in [7, 11) is 1.80. The van der Waals surface area contributed by atoms with Gasteiger partial charge < -0.3 is 5.32 Å². The number of rotatable bonds is 4. The minimum atomic E-state index is 0.526. The van der Waals surface area contributed by atoms with Crippen LogP contribution < -0.4 is 5.32 Å². The standard InChI is InChI=1S/C12H22N2/c1-7-11(10(5)9(3)4)12(13-6)14-8-2/h7,9H,1,8H2,2-6H3,(H,13,14)/b11-10+. The highest BCUT2D eigenvalue weighted by Gasteiger charge is 2.08. The van der Waals surface area contributed by atoms with E-state index in [0.717, 1.165) is 18.0 Å². The summed E-state index contributed by atoms with van der Waals surface area (Å²) in [5.74, 6) is 1.46. The van der Waals surface area contributed by atoms with Crippen molar-refractivity contribution in [3.63, 3.8) is 0 Å². The highest BCUT2D eigenvalue weighted by atomic mass is 15.0. The molecule has 80 valence electrons. The largest absolute Gasteiger partial charge is 0.370 e. The molecule has 0 aliphatic carbocycles. The molecule has 0 radical (unpaired) electrons. The summed E-state index contributed by atoms with van der Waals surface area (Å²) >= 11 is 0. The maximum absolute atomic E-state index is 4.23. The lowest BCUT2D eigenvalue weighted by molar-refractivity contribution is 0.764. The first-order valence-corrected chi connectivity index (χ1v) is 5.12. The zero-order valence-corrected chi connectivity index (χ0v) is 10.0. The van der Waals surface area contributed by atoms with E-state index in [0.29, 0.717) is 5.92 Å². The molecule has 1 N–H and O–H groups in total. The van der Waals surface area contributed by atoms with Gasteiger partial charge in [-0.2, -0.15) is 0 Å². The lowest BCUT2D eigenvalue weighted by atomic mass is 9.98. The molecule has 0 aromatic carbocycles. The minimum Gasteiger partial charge on any atom is -0.370 e. The Balaban J connectivity index is 5.04. The minimum absolute atomic E-state index is 0.526. The molecule has 0 saturated carbocycles. The monoisotopic (exact) mass is 194 g/mol. The lowest BCUT2D eigenvalue weighted by Crippen LogP contribution is -2.25. The molecule has 0 atom stereocenters. The van der Waals surface area contributed by atoms with Crippen LogP contribution in [-0.4, -0.2) is 19.4 Å². The zero-order valence-electron chi connectivity index (χ0n) is 10.0. The maximum Gasteiger partial charge on any atom is 0.127 e. The topological polar surface area (TPSA) is 24.4 Å². The average molecular weight is 194 g/mol. The third-order valence-electron chi connectivity index (χ3n) is 2.32. The summed E-state index contributed by atoms with van der Waals surface area (Å²) in [6.07, 6.45) is 1.88. The molecule has 2 nitrogen and oxygen atoms in total. The van der Waals surface area contributed by atoms with Crippen LogP contribution in [0.4, 0.5) is 0 Å². The Morgan fingerprint density at radius 2 is 2.07 bits per heavy atom. The summed E-state index contributed by atoms with van der Waals surface area (Å²) in [4.78, 5) is 4.23. The van der Waals surface area contributed by atoms with Gasteiger partial charge in [-0.3, -0.25) is 4.99 Å². The second-order valence-corrected chi connectivity index (χ2v) is 3.56. The molecule has 0 saturated heterocycles. The van der Waals surface area contributed by atoms with Gasteiger partial charge in [0.05, 0.1) is 0 Å². The smallest absolute Gasteiger partial charge is 0.127 e. The predicted octanol–water partition coefficient (Wildman–Crippen LogP) is 2.78. The molecular formula is C12H22N2. The van der Waals surface area contributed by atoms with Crippen molar-refractivity contribution in [1.82, 2.24) is 5.32 Å². The van der Waals surface area contributed by atoms with Crippen LogP contribution in [-0.2, 0) is 0 Å². The highest BCUT2D eigenvalue weighted by molar-refractivity contribution is 6.01.